The number of halogens is 2. The van der Waals surface area contributed by atoms with Crippen LogP contribution in [0.15, 0.2) is 18.2 Å². The molecular formula is C10H10ClFN4O. The van der Waals surface area contributed by atoms with Crippen LogP contribution >= 0.6 is 11.6 Å². The van der Waals surface area contributed by atoms with Crippen LogP contribution in [0.1, 0.15) is 17.5 Å². The van der Waals surface area contributed by atoms with Gasteiger partial charge >= 0.3 is 0 Å². The third-order valence-corrected chi connectivity index (χ3v) is 2.41. The molecule has 0 saturated heterocycles. The second-order valence-electron chi connectivity index (χ2n) is 3.62. The van der Waals surface area contributed by atoms with Crippen LogP contribution in [0.25, 0.3) is 0 Å². The predicted molar refractivity (Wildman–Crippen MR) is 58.9 cm³/mol. The summed E-state index contributed by atoms with van der Waals surface area (Å²) in [4.78, 5) is 1.29. The Labute approximate surface area is 102 Å². The molecule has 0 spiro atoms. The highest BCUT2D eigenvalue weighted by atomic mass is 35.5. The van der Waals surface area contributed by atoms with Crippen LogP contribution < -0.4 is 0 Å². The molecular weight excluding hydrogens is 247 g/mol. The summed E-state index contributed by atoms with van der Waals surface area (Å²) in [5, 5.41) is 21.4. The minimum absolute atomic E-state index is 0.160. The van der Waals surface area contributed by atoms with Crippen LogP contribution in [0.5, 0.6) is 0 Å². The number of hydrogen-bond acceptors (Lipinski definition) is 4. The van der Waals surface area contributed by atoms with E-state index in [1.165, 1.54) is 23.0 Å². The molecule has 2 rings (SSSR count). The smallest absolute Gasteiger partial charge is 0.177 e. The Morgan fingerprint density at radius 2 is 2.24 bits per heavy atom. The lowest BCUT2D eigenvalue weighted by Gasteiger charge is -2.09. The molecule has 0 aliphatic heterocycles. The lowest BCUT2D eigenvalue weighted by Crippen LogP contribution is -2.04. The lowest BCUT2D eigenvalue weighted by atomic mass is 10.1. The van der Waals surface area contributed by atoms with Gasteiger partial charge in [0.15, 0.2) is 5.82 Å². The highest BCUT2D eigenvalue weighted by Gasteiger charge is 2.13. The molecule has 1 N–H and O–H groups in total. The molecule has 1 aromatic carbocycles. The highest BCUT2D eigenvalue weighted by Crippen LogP contribution is 2.21. The molecule has 1 unspecified atom stereocenters. The van der Waals surface area contributed by atoms with Crippen molar-refractivity contribution in [3.8, 4) is 0 Å². The summed E-state index contributed by atoms with van der Waals surface area (Å²) >= 11 is 5.70. The van der Waals surface area contributed by atoms with Crippen molar-refractivity contribution in [1.29, 1.82) is 0 Å². The molecule has 1 aromatic heterocycles. The maximum atomic E-state index is 13.1. The van der Waals surface area contributed by atoms with Gasteiger partial charge in [-0.1, -0.05) is 11.6 Å². The normalized spacial score (nSPS) is 12.7. The number of benzene rings is 1. The van der Waals surface area contributed by atoms with Crippen molar-refractivity contribution in [2.45, 2.75) is 12.5 Å². The van der Waals surface area contributed by atoms with E-state index in [2.05, 4.69) is 15.4 Å². The molecule has 0 radical (unpaired) electrons. The van der Waals surface area contributed by atoms with Crippen molar-refractivity contribution < 1.29 is 9.50 Å². The summed E-state index contributed by atoms with van der Waals surface area (Å²) < 4.78 is 13.1. The van der Waals surface area contributed by atoms with E-state index in [-0.39, 0.29) is 11.4 Å². The zero-order valence-corrected chi connectivity index (χ0v) is 9.76. The maximum Gasteiger partial charge on any atom is 0.177 e. The van der Waals surface area contributed by atoms with Gasteiger partial charge in [0.1, 0.15) is 5.82 Å². The van der Waals surface area contributed by atoms with Gasteiger partial charge in [-0.2, -0.15) is 4.80 Å². The molecule has 0 bridgehead atoms. The average Bonchev–Trinajstić information content (AvgIpc) is 2.62. The van der Waals surface area contributed by atoms with Gasteiger partial charge in [0.2, 0.25) is 0 Å². The number of rotatable bonds is 3. The molecule has 0 aliphatic rings. The van der Waals surface area contributed by atoms with Gasteiger partial charge < -0.3 is 5.11 Å². The zero-order valence-electron chi connectivity index (χ0n) is 9.01. The topological polar surface area (TPSA) is 63.8 Å². The van der Waals surface area contributed by atoms with Crippen molar-refractivity contribution in [2.75, 3.05) is 0 Å². The van der Waals surface area contributed by atoms with Gasteiger partial charge in [-0.25, -0.2) is 4.39 Å². The summed E-state index contributed by atoms with van der Waals surface area (Å²) in [6.07, 6.45) is -0.749. The van der Waals surface area contributed by atoms with Crippen LogP contribution in [0.4, 0.5) is 4.39 Å². The van der Waals surface area contributed by atoms with Crippen molar-refractivity contribution in [3.05, 3.63) is 40.4 Å². The Kier molecular flexibility index (Phi) is 3.35. The van der Waals surface area contributed by atoms with Crippen molar-refractivity contribution >= 4 is 11.6 Å². The van der Waals surface area contributed by atoms with E-state index in [0.29, 0.717) is 11.4 Å². The average molecular weight is 257 g/mol. The molecule has 1 atom stereocenters. The molecule has 90 valence electrons. The third kappa shape index (κ3) is 2.98. The summed E-state index contributed by atoms with van der Waals surface area (Å²) in [6.45, 7) is 0. The molecule has 0 amide bonds. The molecule has 2 aromatic rings. The van der Waals surface area contributed by atoms with Crippen LogP contribution in [0, 0.1) is 5.82 Å². The minimum Gasteiger partial charge on any atom is -0.388 e. The standard InChI is InChI=1S/C10H10ClFN4O/c1-16-14-10(13-15-16)5-9(17)6-2-7(11)4-8(12)3-6/h2-4,9,17H,5H2,1H3. The number of aliphatic hydroxyl groups excluding tert-OH is 1. The Morgan fingerprint density at radius 3 is 2.82 bits per heavy atom. The Bertz CT molecular complexity index is 511. The summed E-state index contributed by atoms with van der Waals surface area (Å²) in [6, 6.07) is 3.91. The van der Waals surface area contributed by atoms with Crippen LogP contribution in [-0.2, 0) is 13.5 Å². The maximum absolute atomic E-state index is 13.1. The molecule has 17 heavy (non-hydrogen) atoms. The van der Waals surface area contributed by atoms with E-state index in [1.807, 2.05) is 0 Å². The van der Waals surface area contributed by atoms with E-state index in [9.17, 15) is 9.50 Å². The fourth-order valence-electron chi connectivity index (χ4n) is 1.46. The van der Waals surface area contributed by atoms with Crippen molar-refractivity contribution in [2.24, 2.45) is 7.05 Å². The first-order valence-electron chi connectivity index (χ1n) is 4.91. The van der Waals surface area contributed by atoms with Gasteiger partial charge in [0.25, 0.3) is 0 Å². The fraction of sp³-hybridized carbons (Fsp3) is 0.300. The van der Waals surface area contributed by atoms with E-state index >= 15 is 0 Å². The molecule has 5 nitrogen and oxygen atoms in total. The van der Waals surface area contributed by atoms with Gasteiger partial charge in [-0.15, -0.1) is 10.2 Å². The molecule has 1 heterocycles. The van der Waals surface area contributed by atoms with Crippen LogP contribution in [0.2, 0.25) is 5.02 Å². The first-order valence-corrected chi connectivity index (χ1v) is 5.29. The Balaban J connectivity index is 2.16. The number of aliphatic hydroxyl groups is 1. The third-order valence-electron chi connectivity index (χ3n) is 2.20. The Hall–Kier alpha value is -1.53. The van der Waals surface area contributed by atoms with Crippen LogP contribution in [0.3, 0.4) is 0 Å². The summed E-state index contributed by atoms with van der Waals surface area (Å²) in [5.74, 6) is -0.0981. The molecule has 0 saturated carbocycles. The van der Waals surface area contributed by atoms with Crippen molar-refractivity contribution in [1.82, 2.24) is 20.2 Å². The second-order valence-corrected chi connectivity index (χ2v) is 4.05. The summed E-state index contributed by atoms with van der Waals surface area (Å²) in [7, 11) is 1.63. The molecule has 7 heteroatoms. The Morgan fingerprint density at radius 1 is 1.47 bits per heavy atom. The fourth-order valence-corrected chi connectivity index (χ4v) is 1.69. The number of tetrazole rings is 1. The van der Waals surface area contributed by atoms with E-state index in [0.717, 1.165) is 0 Å². The first kappa shape index (κ1) is 11.9. The van der Waals surface area contributed by atoms with E-state index < -0.39 is 11.9 Å². The van der Waals surface area contributed by atoms with E-state index in [4.69, 9.17) is 11.6 Å². The number of aromatic nitrogens is 4. The van der Waals surface area contributed by atoms with Gasteiger partial charge in [-0.05, 0) is 29.0 Å². The van der Waals surface area contributed by atoms with Crippen molar-refractivity contribution in [3.63, 3.8) is 0 Å². The largest absolute Gasteiger partial charge is 0.388 e. The van der Waals surface area contributed by atoms with Crippen LogP contribution in [-0.4, -0.2) is 25.3 Å². The quantitative estimate of drug-likeness (QED) is 0.899. The van der Waals surface area contributed by atoms with Gasteiger partial charge in [0.05, 0.1) is 13.2 Å². The minimum atomic E-state index is -0.910. The monoisotopic (exact) mass is 256 g/mol. The number of nitrogens with zero attached hydrogens (tertiary/aromatic N) is 4. The SMILES string of the molecule is Cn1nnc(CC(O)c2cc(F)cc(Cl)c2)n1. The summed E-state index contributed by atoms with van der Waals surface area (Å²) in [5.41, 5.74) is 0.391. The van der Waals surface area contributed by atoms with E-state index in [1.54, 1.807) is 7.05 Å². The molecule has 0 fully saturated rings. The molecule has 0 aliphatic carbocycles. The second kappa shape index (κ2) is 4.77. The highest BCUT2D eigenvalue weighted by molar-refractivity contribution is 6.30. The number of aryl methyl sites for hydroxylation is 1. The lowest BCUT2D eigenvalue weighted by molar-refractivity contribution is 0.175. The zero-order chi connectivity index (χ0) is 12.4. The number of hydrogen-bond donors (Lipinski definition) is 1. The first-order chi connectivity index (χ1) is 8.04. The van der Waals surface area contributed by atoms with Gasteiger partial charge in [0, 0.05) is 11.4 Å². The van der Waals surface area contributed by atoms with Gasteiger partial charge in [-0.3, -0.25) is 0 Å². The predicted octanol–water partition coefficient (Wildman–Crippen LogP) is 1.28.